The summed E-state index contributed by atoms with van der Waals surface area (Å²) < 4.78 is 10.4. The first-order valence-electron chi connectivity index (χ1n) is 11.3. The smallest absolute Gasteiger partial charge is 0.338 e. The number of carbonyl (C=O) groups excluding carboxylic acids is 4. The first kappa shape index (κ1) is 25.0. The molecular weight excluding hydrogens is 480 g/mol. The molecule has 3 aromatic rings. The Kier molecular flexibility index (Phi) is 8.02. The van der Waals surface area contributed by atoms with Gasteiger partial charge in [0.05, 0.1) is 23.1 Å². The number of anilines is 2. The summed E-state index contributed by atoms with van der Waals surface area (Å²) in [5.41, 5.74) is 1.36. The van der Waals surface area contributed by atoms with Crippen molar-refractivity contribution in [3.05, 3.63) is 84.4 Å². The van der Waals surface area contributed by atoms with Gasteiger partial charge in [-0.1, -0.05) is 18.2 Å². The number of ether oxygens (including phenoxy) is 2. The Bertz CT molecular complexity index is 1250. The summed E-state index contributed by atoms with van der Waals surface area (Å²) in [5.74, 6) is -0.757. The van der Waals surface area contributed by atoms with E-state index >= 15 is 0 Å². The van der Waals surface area contributed by atoms with Crippen molar-refractivity contribution in [1.29, 1.82) is 0 Å². The van der Waals surface area contributed by atoms with Gasteiger partial charge >= 0.3 is 5.97 Å². The summed E-state index contributed by atoms with van der Waals surface area (Å²) in [6.07, 6.45) is 0.0679. The Labute approximate surface area is 212 Å². The van der Waals surface area contributed by atoms with Crippen molar-refractivity contribution in [3.8, 4) is 5.75 Å². The Hall–Kier alpha value is -4.11. The predicted octanol–water partition coefficient (Wildman–Crippen LogP) is 4.31. The molecule has 0 bridgehead atoms. The van der Waals surface area contributed by atoms with Crippen LogP contribution >= 0.6 is 11.8 Å². The standard InChI is InChI=1S/C27H24N2O6S/c1-2-34-27(33)18-8-12-20(13-9-18)29-25(31)16-23(26(29)32)36-22-14-10-19(11-15-22)28-24(30)17-35-21-6-4-3-5-7-21/h3-15,23H,2,16-17H2,1H3,(H,28,30). The highest BCUT2D eigenvalue weighted by Crippen LogP contribution is 2.34. The lowest BCUT2D eigenvalue weighted by atomic mass is 10.2. The number of amides is 3. The van der Waals surface area contributed by atoms with Gasteiger partial charge in [-0.25, -0.2) is 9.69 Å². The van der Waals surface area contributed by atoms with Crippen molar-refractivity contribution >= 4 is 46.8 Å². The fourth-order valence-corrected chi connectivity index (χ4v) is 4.63. The fourth-order valence-electron chi connectivity index (χ4n) is 3.57. The van der Waals surface area contributed by atoms with E-state index in [-0.39, 0.29) is 37.4 Å². The van der Waals surface area contributed by atoms with E-state index in [9.17, 15) is 19.2 Å². The van der Waals surface area contributed by atoms with E-state index in [1.807, 2.05) is 18.2 Å². The van der Waals surface area contributed by atoms with Crippen LogP contribution in [-0.2, 0) is 19.1 Å². The van der Waals surface area contributed by atoms with Crippen molar-refractivity contribution in [2.75, 3.05) is 23.4 Å². The third-order valence-electron chi connectivity index (χ3n) is 5.27. The molecule has 1 aliphatic heterocycles. The molecule has 1 atom stereocenters. The van der Waals surface area contributed by atoms with E-state index in [1.54, 1.807) is 55.5 Å². The number of nitrogens with zero attached hydrogens (tertiary/aromatic N) is 1. The van der Waals surface area contributed by atoms with Gasteiger partial charge in [-0.15, -0.1) is 11.8 Å². The molecule has 36 heavy (non-hydrogen) atoms. The number of carbonyl (C=O) groups is 4. The highest BCUT2D eigenvalue weighted by atomic mass is 32.2. The van der Waals surface area contributed by atoms with E-state index in [1.165, 1.54) is 23.9 Å². The lowest BCUT2D eigenvalue weighted by Crippen LogP contribution is -2.31. The number of benzene rings is 3. The summed E-state index contributed by atoms with van der Waals surface area (Å²) in [4.78, 5) is 51.5. The summed E-state index contributed by atoms with van der Waals surface area (Å²) in [6, 6.07) is 22.3. The van der Waals surface area contributed by atoms with Gasteiger partial charge in [0.1, 0.15) is 5.75 Å². The average Bonchev–Trinajstić information content (AvgIpc) is 3.17. The van der Waals surface area contributed by atoms with Gasteiger partial charge in [0.25, 0.3) is 5.91 Å². The zero-order valence-corrected chi connectivity index (χ0v) is 20.3. The van der Waals surface area contributed by atoms with Crippen LogP contribution in [0.4, 0.5) is 11.4 Å². The molecule has 1 unspecified atom stereocenters. The van der Waals surface area contributed by atoms with Gasteiger partial charge in [0.2, 0.25) is 11.8 Å². The molecule has 0 radical (unpaired) electrons. The van der Waals surface area contributed by atoms with E-state index in [4.69, 9.17) is 9.47 Å². The SMILES string of the molecule is CCOC(=O)c1ccc(N2C(=O)CC(Sc3ccc(NC(=O)COc4ccccc4)cc3)C2=O)cc1. The number of esters is 1. The van der Waals surface area contributed by atoms with Gasteiger partial charge in [0.15, 0.2) is 6.61 Å². The monoisotopic (exact) mass is 504 g/mol. The lowest BCUT2D eigenvalue weighted by Gasteiger charge is -2.15. The molecule has 1 aliphatic rings. The highest BCUT2D eigenvalue weighted by molar-refractivity contribution is 8.00. The molecule has 184 valence electrons. The fraction of sp³-hybridized carbons (Fsp3) is 0.185. The van der Waals surface area contributed by atoms with Crippen molar-refractivity contribution in [2.45, 2.75) is 23.5 Å². The van der Waals surface area contributed by atoms with Gasteiger partial charge in [-0.05, 0) is 67.6 Å². The van der Waals surface area contributed by atoms with Crippen LogP contribution in [0.2, 0.25) is 0 Å². The number of hydrogen-bond donors (Lipinski definition) is 1. The van der Waals surface area contributed by atoms with Crippen LogP contribution in [0.25, 0.3) is 0 Å². The third kappa shape index (κ3) is 6.11. The molecule has 0 aromatic heterocycles. The van der Waals surface area contributed by atoms with E-state index < -0.39 is 11.2 Å². The molecule has 1 saturated heterocycles. The quantitative estimate of drug-likeness (QED) is 0.342. The second-order valence-corrected chi connectivity index (χ2v) is 9.10. The van der Waals surface area contributed by atoms with Crippen LogP contribution in [0.3, 0.4) is 0 Å². The van der Waals surface area contributed by atoms with E-state index in [0.29, 0.717) is 22.7 Å². The molecule has 1 heterocycles. The van der Waals surface area contributed by atoms with Crippen LogP contribution < -0.4 is 15.0 Å². The van der Waals surface area contributed by atoms with E-state index in [0.717, 1.165) is 9.80 Å². The van der Waals surface area contributed by atoms with Crippen molar-refractivity contribution in [2.24, 2.45) is 0 Å². The van der Waals surface area contributed by atoms with Crippen LogP contribution in [-0.4, -0.2) is 42.2 Å². The number of rotatable bonds is 9. The number of para-hydroxylation sites is 1. The molecule has 4 rings (SSSR count). The molecule has 9 heteroatoms. The van der Waals surface area contributed by atoms with E-state index in [2.05, 4.69) is 5.32 Å². The number of hydrogen-bond acceptors (Lipinski definition) is 7. The van der Waals surface area contributed by atoms with Crippen LogP contribution in [0, 0.1) is 0 Å². The average molecular weight is 505 g/mol. The molecule has 3 aromatic carbocycles. The number of thioether (sulfide) groups is 1. The predicted molar refractivity (Wildman–Crippen MR) is 136 cm³/mol. The minimum absolute atomic E-state index is 0.0679. The summed E-state index contributed by atoms with van der Waals surface area (Å²) >= 11 is 1.29. The van der Waals surface area contributed by atoms with Crippen LogP contribution in [0.15, 0.2) is 83.8 Å². The zero-order chi connectivity index (χ0) is 25.5. The Morgan fingerprint density at radius 3 is 2.33 bits per heavy atom. The third-order valence-corrected chi connectivity index (χ3v) is 6.47. The van der Waals surface area contributed by atoms with Gasteiger partial charge in [-0.3, -0.25) is 14.4 Å². The molecule has 8 nitrogen and oxygen atoms in total. The normalized spacial score (nSPS) is 15.0. The number of nitrogens with one attached hydrogen (secondary N) is 1. The largest absolute Gasteiger partial charge is 0.484 e. The zero-order valence-electron chi connectivity index (χ0n) is 19.5. The van der Waals surface area contributed by atoms with Gasteiger partial charge in [-0.2, -0.15) is 0 Å². The van der Waals surface area contributed by atoms with Crippen LogP contribution in [0.1, 0.15) is 23.7 Å². The highest BCUT2D eigenvalue weighted by Gasteiger charge is 2.40. The maximum Gasteiger partial charge on any atom is 0.338 e. The maximum absolute atomic E-state index is 13.0. The molecule has 3 amide bonds. The van der Waals surface area contributed by atoms with Gasteiger partial charge in [0, 0.05) is 17.0 Å². The maximum atomic E-state index is 13.0. The molecule has 0 aliphatic carbocycles. The molecule has 0 saturated carbocycles. The van der Waals surface area contributed by atoms with Crippen molar-refractivity contribution in [1.82, 2.24) is 0 Å². The summed E-state index contributed by atoms with van der Waals surface area (Å²) in [6.45, 7) is 1.87. The minimum Gasteiger partial charge on any atom is -0.484 e. The Morgan fingerprint density at radius 1 is 0.972 bits per heavy atom. The molecule has 1 N–H and O–H groups in total. The van der Waals surface area contributed by atoms with Crippen LogP contribution in [0.5, 0.6) is 5.75 Å². The Morgan fingerprint density at radius 2 is 1.67 bits per heavy atom. The van der Waals surface area contributed by atoms with Crippen molar-refractivity contribution in [3.63, 3.8) is 0 Å². The first-order valence-corrected chi connectivity index (χ1v) is 12.2. The second-order valence-electron chi connectivity index (χ2n) is 7.82. The summed E-state index contributed by atoms with van der Waals surface area (Å²) in [7, 11) is 0. The lowest BCUT2D eigenvalue weighted by molar-refractivity contribution is -0.121. The molecule has 0 spiro atoms. The molecular formula is C27H24N2O6S. The number of imide groups is 1. The summed E-state index contributed by atoms with van der Waals surface area (Å²) in [5, 5.41) is 2.19. The Balaban J connectivity index is 1.32. The van der Waals surface area contributed by atoms with Crippen molar-refractivity contribution < 1.29 is 28.7 Å². The van der Waals surface area contributed by atoms with Gasteiger partial charge < -0.3 is 14.8 Å². The topological polar surface area (TPSA) is 102 Å². The minimum atomic E-state index is -0.568. The first-order chi connectivity index (χ1) is 17.4. The second kappa shape index (κ2) is 11.5. The molecule has 1 fully saturated rings.